The average molecular weight is 353 g/mol. The lowest BCUT2D eigenvalue weighted by atomic mass is 10.1. The second-order valence-electron chi connectivity index (χ2n) is 4.55. The van der Waals surface area contributed by atoms with Crippen LogP contribution < -0.4 is 11.1 Å². The highest BCUT2D eigenvalue weighted by atomic mass is 79.9. The molecule has 1 unspecified atom stereocenters. The summed E-state index contributed by atoms with van der Waals surface area (Å²) in [7, 11) is 0. The second-order valence-corrected chi connectivity index (χ2v) is 6.46. The van der Waals surface area contributed by atoms with Gasteiger partial charge in [-0.3, -0.25) is 4.79 Å². The van der Waals surface area contributed by atoms with Crippen molar-refractivity contribution in [3.05, 3.63) is 56.7 Å². The summed E-state index contributed by atoms with van der Waals surface area (Å²) in [4.78, 5) is 13.0. The summed E-state index contributed by atoms with van der Waals surface area (Å²) in [6, 6.07) is 11.7. The Balaban J connectivity index is 1.72. The van der Waals surface area contributed by atoms with Gasteiger partial charge >= 0.3 is 0 Å². The lowest BCUT2D eigenvalue weighted by Crippen LogP contribution is -2.31. The van der Waals surface area contributed by atoms with Crippen LogP contribution in [0.4, 0.5) is 0 Å². The Morgan fingerprint density at radius 2 is 2.10 bits per heavy atom. The summed E-state index contributed by atoms with van der Waals surface area (Å²) in [5.74, 6) is 0.0425. The number of hydrogen-bond acceptors (Lipinski definition) is 3. The first kappa shape index (κ1) is 15.2. The SMILES string of the molecule is NC(CNC(=O)CCc1cc(Br)cs1)c1ccccc1. The molecule has 0 aliphatic carbocycles. The number of aryl methyl sites for hydroxylation is 1. The molecule has 0 bridgehead atoms. The fraction of sp³-hybridized carbons (Fsp3) is 0.267. The van der Waals surface area contributed by atoms with E-state index in [4.69, 9.17) is 5.73 Å². The second kappa shape index (κ2) is 7.57. The van der Waals surface area contributed by atoms with Crippen molar-refractivity contribution in [1.82, 2.24) is 5.32 Å². The molecule has 0 fully saturated rings. The summed E-state index contributed by atoms with van der Waals surface area (Å²) in [5, 5.41) is 4.91. The summed E-state index contributed by atoms with van der Waals surface area (Å²) < 4.78 is 1.07. The fourth-order valence-corrected chi connectivity index (χ4v) is 3.31. The Morgan fingerprint density at radius 1 is 1.35 bits per heavy atom. The predicted octanol–water partition coefficient (Wildman–Crippen LogP) is 3.26. The van der Waals surface area contributed by atoms with Gasteiger partial charge in [-0.15, -0.1) is 11.3 Å². The van der Waals surface area contributed by atoms with Crippen LogP contribution in [0, 0.1) is 0 Å². The minimum atomic E-state index is -0.156. The number of thiophene rings is 1. The van der Waals surface area contributed by atoms with Crippen molar-refractivity contribution in [3.63, 3.8) is 0 Å². The van der Waals surface area contributed by atoms with E-state index in [0.29, 0.717) is 13.0 Å². The maximum Gasteiger partial charge on any atom is 0.220 e. The number of nitrogens with two attached hydrogens (primary N) is 1. The quantitative estimate of drug-likeness (QED) is 0.838. The monoisotopic (exact) mass is 352 g/mol. The van der Waals surface area contributed by atoms with Gasteiger partial charge in [0.1, 0.15) is 0 Å². The smallest absolute Gasteiger partial charge is 0.220 e. The highest BCUT2D eigenvalue weighted by molar-refractivity contribution is 9.10. The molecule has 0 aliphatic heterocycles. The number of carbonyl (C=O) groups is 1. The molecule has 5 heteroatoms. The Hall–Kier alpha value is -1.17. The Kier molecular flexibility index (Phi) is 5.76. The van der Waals surface area contributed by atoms with Gasteiger partial charge in [-0.2, -0.15) is 0 Å². The van der Waals surface area contributed by atoms with Crippen molar-refractivity contribution >= 4 is 33.2 Å². The molecule has 0 saturated carbocycles. The van der Waals surface area contributed by atoms with Crippen molar-refractivity contribution in [1.29, 1.82) is 0 Å². The van der Waals surface area contributed by atoms with E-state index < -0.39 is 0 Å². The van der Waals surface area contributed by atoms with Crippen LogP contribution in [0.15, 0.2) is 46.3 Å². The Morgan fingerprint density at radius 3 is 2.75 bits per heavy atom. The van der Waals surface area contributed by atoms with Crippen LogP contribution >= 0.6 is 27.3 Å². The van der Waals surface area contributed by atoms with Gasteiger partial charge in [0.2, 0.25) is 5.91 Å². The molecule has 1 aromatic carbocycles. The van der Waals surface area contributed by atoms with Gasteiger partial charge in [0.15, 0.2) is 0 Å². The largest absolute Gasteiger partial charge is 0.354 e. The molecular formula is C15H17BrN2OS. The Labute approximate surface area is 131 Å². The molecule has 0 saturated heterocycles. The third-order valence-corrected chi connectivity index (χ3v) is 4.72. The zero-order valence-corrected chi connectivity index (χ0v) is 13.4. The van der Waals surface area contributed by atoms with Crippen LogP contribution in [0.1, 0.15) is 22.9 Å². The van der Waals surface area contributed by atoms with Gasteiger partial charge in [0.25, 0.3) is 0 Å². The molecule has 20 heavy (non-hydrogen) atoms. The first-order chi connectivity index (χ1) is 9.65. The summed E-state index contributed by atoms with van der Waals surface area (Å²) in [6.45, 7) is 0.469. The van der Waals surface area contributed by atoms with Crippen molar-refractivity contribution in [2.24, 2.45) is 5.73 Å². The van der Waals surface area contributed by atoms with Crippen LogP contribution in [0.25, 0.3) is 0 Å². The van der Waals surface area contributed by atoms with Crippen molar-refractivity contribution in [2.75, 3.05) is 6.54 Å². The van der Waals surface area contributed by atoms with Gasteiger partial charge < -0.3 is 11.1 Å². The van der Waals surface area contributed by atoms with Crippen molar-refractivity contribution in [3.8, 4) is 0 Å². The molecule has 106 valence electrons. The van der Waals surface area contributed by atoms with E-state index in [1.165, 1.54) is 4.88 Å². The van der Waals surface area contributed by atoms with Crippen LogP contribution in [0.3, 0.4) is 0 Å². The number of rotatable bonds is 6. The molecule has 3 N–H and O–H groups in total. The summed E-state index contributed by atoms with van der Waals surface area (Å²) >= 11 is 5.07. The maximum atomic E-state index is 11.8. The van der Waals surface area contributed by atoms with E-state index in [1.807, 2.05) is 41.8 Å². The van der Waals surface area contributed by atoms with Crippen molar-refractivity contribution < 1.29 is 4.79 Å². The van der Waals surface area contributed by atoms with E-state index in [2.05, 4.69) is 21.2 Å². The molecule has 0 spiro atoms. The van der Waals surface area contributed by atoms with E-state index in [1.54, 1.807) is 11.3 Å². The molecule has 1 atom stereocenters. The minimum Gasteiger partial charge on any atom is -0.354 e. The maximum absolute atomic E-state index is 11.8. The highest BCUT2D eigenvalue weighted by Crippen LogP contribution is 2.20. The first-order valence-electron chi connectivity index (χ1n) is 6.45. The zero-order chi connectivity index (χ0) is 14.4. The summed E-state index contributed by atoms with van der Waals surface area (Å²) in [5.41, 5.74) is 7.07. The van der Waals surface area contributed by atoms with Gasteiger partial charge in [0, 0.05) is 33.7 Å². The molecule has 1 amide bonds. The molecule has 0 radical (unpaired) electrons. The number of nitrogens with one attached hydrogen (secondary N) is 1. The molecule has 1 heterocycles. The highest BCUT2D eigenvalue weighted by Gasteiger charge is 2.08. The lowest BCUT2D eigenvalue weighted by Gasteiger charge is -2.13. The van der Waals surface area contributed by atoms with Gasteiger partial charge in [0.05, 0.1) is 0 Å². The molecule has 2 aromatic rings. The van der Waals surface area contributed by atoms with Crippen LogP contribution in [0.2, 0.25) is 0 Å². The summed E-state index contributed by atoms with van der Waals surface area (Å²) in [6.07, 6.45) is 1.26. The number of carbonyl (C=O) groups excluding carboxylic acids is 1. The number of amides is 1. The van der Waals surface area contributed by atoms with E-state index in [0.717, 1.165) is 16.5 Å². The molecule has 1 aromatic heterocycles. The Bertz CT molecular complexity index is 556. The number of halogens is 1. The fourth-order valence-electron chi connectivity index (χ4n) is 1.85. The molecule has 2 rings (SSSR count). The van der Waals surface area contributed by atoms with Crippen LogP contribution in [0.5, 0.6) is 0 Å². The molecule has 3 nitrogen and oxygen atoms in total. The average Bonchev–Trinajstić information content (AvgIpc) is 2.89. The van der Waals surface area contributed by atoms with E-state index >= 15 is 0 Å². The lowest BCUT2D eigenvalue weighted by molar-refractivity contribution is -0.121. The third kappa shape index (κ3) is 4.74. The zero-order valence-electron chi connectivity index (χ0n) is 11.0. The van der Waals surface area contributed by atoms with Gasteiger partial charge in [-0.05, 0) is 34.0 Å². The van der Waals surface area contributed by atoms with E-state index in [9.17, 15) is 4.79 Å². The van der Waals surface area contributed by atoms with E-state index in [-0.39, 0.29) is 11.9 Å². The molecular weight excluding hydrogens is 336 g/mol. The number of benzene rings is 1. The third-order valence-electron chi connectivity index (χ3n) is 2.97. The minimum absolute atomic E-state index is 0.0425. The normalized spacial score (nSPS) is 12.1. The van der Waals surface area contributed by atoms with Gasteiger partial charge in [-0.25, -0.2) is 0 Å². The van der Waals surface area contributed by atoms with Gasteiger partial charge in [-0.1, -0.05) is 30.3 Å². The number of hydrogen-bond donors (Lipinski definition) is 2. The van der Waals surface area contributed by atoms with Crippen molar-refractivity contribution in [2.45, 2.75) is 18.9 Å². The standard InChI is InChI=1S/C15H17BrN2OS/c16-12-8-13(20-10-12)6-7-15(19)18-9-14(17)11-4-2-1-3-5-11/h1-5,8,10,14H,6-7,9,17H2,(H,18,19). The topological polar surface area (TPSA) is 55.1 Å². The predicted molar refractivity (Wildman–Crippen MR) is 86.7 cm³/mol. The first-order valence-corrected chi connectivity index (χ1v) is 8.12. The van der Waals surface area contributed by atoms with Crippen LogP contribution in [-0.2, 0) is 11.2 Å². The van der Waals surface area contributed by atoms with Crippen LogP contribution in [-0.4, -0.2) is 12.5 Å². The molecule has 0 aliphatic rings.